The van der Waals surface area contributed by atoms with Gasteiger partial charge >= 0.3 is 6.18 Å². The first-order chi connectivity index (χ1) is 18.1. The van der Waals surface area contributed by atoms with Crippen LogP contribution in [-0.2, 0) is 23.8 Å². The summed E-state index contributed by atoms with van der Waals surface area (Å²) < 4.78 is 56.1. The topological polar surface area (TPSA) is 62.0 Å². The Morgan fingerprint density at radius 2 is 1.58 bits per heavy atom. The summed E-state index contributed by atoms with van der Waals surface area (Å²) in [5.74, 6) is 1.39. The number of hydrogen-bond acceptors (Lipinski definition) is 5. The van der Waals surface area contributed by atoms with E-state index in [-0.39, 0.29) is 35.6 Å². The molecular formula is C28H20ClF3N2O4. The van der Waals surface area contributed by atoms with Gasteiger partial charge < -0.3 is 14.2 Å². The molecule has 6 nitrogen and oxygen atoms in total. The smallest absolute Gasteiger partial charge is 0.417 e. The van der Waals surface area contributed by atoms with Crippen LogP contribution in [0, 0.1) is 6.57 Å². The zero-order chi connectivity index (χ0) is 27.4. The molecule has 0 radical (unpaired) electrons. The summed E-state index contributed by atoms with van der Waals surface area (Å²) >= 11 is 5.65. The molecule has 1 heterocycles. The van der Waals surface area contributed by atoms with Gasteiger partial charge in [0.05, 0.1) is 36.9 Å². The summed E-state index contributed by atoms with van der Waals surface area (Å²) in [7, 11) is 3.04. The lowest BCUT2D eigenvalue weighted by Gasteiger charge is -2.14. The van der Waals surface area contributed by atoms with Gasteiger partial charge in [-0.1, -0.05) is 29.3 Å². The van der Waals surface area contributed by atoms with Gasteiger partial charge in [-0.05, 0) is 42.0 Å². The van der Waals surface area contributed by atoms with Gasteiger partial charge in [-0.3, -0.25) is 9.78 Å². The van der Waals surface area contributed by atoms with Crippen molar-refractivity contribution in [3.63, 3.8) is 0 Å². The van der Waals surface area contributed by atoms with Gasteiger partial charge in [0.1, 0.15) is 17.3 Å². The van der Waals surface area contributed by atoms with Crippen LogP contribution in [-0.4, -0.2) is 25.0 Å². The standard InChI is InChI=1S/C28H20ClF3N2O4/c1-33-23-13-17(11-18(35)10-16-4-6-21(29)20(12-16)28(30,31)32)5-7-25(23)38-24-8-9-34-22-15-27(37-3)26(36-2)14-19(22)24/h4-9,12-15H,10-11H2,2-3H3. The molecule has 4 rings (SSSR count). The van der Waals surface area contributed by atoms with Crippen molar-refractivity contribution in [1.82, 2.24) is 4.98 Å². The number of Topliss-reactive ketones (excluding diaryl/α,β-unsaturated/α-hetero) is 1. The zero-order valence-electron chi connectivity index (χ0n) is 20.2. The molecule has 0 spiro atoms. The van der Waals surface area contributed by atoms with Gasteiger partial charge in [-0.15, -0.1) is 0 Å². The Balaban J connectivity index is 1.55. The summed E-state index contributed by atoms with van der Waals surface area (Å²) in [6, 6.07) is 13.2. The molecule has 0 amide bonds. The van der Waals surface area contributed by atoms with Gasteiger partial charge in [0.15, 0.2) is 11.5 Å². The number of benzene rings is 3. The Labute approximate surface area is 221 Å². The van der Waals surface area contributed by atoms with E-state index in [0.717, 1.165) is 12.1 Å². The number of carbonyl (C=O) groups excluding carboxylic acids is 1. The quantitative estimate of drug-likeness (QED) is 0.215. The number of rotatable bonds is 8. The predicted octanol–water partition coefficient (Wildman–Crippen LogP) is 7.62. The number of nitrogens with zero attached hydrogens (tertiary/aromatic N) is 2. The van der Waals surface area contributed by atoms with Gasteiger partial charge in [0, 0.05) is 30.5 Å². The van der Waals surface area contributed by atoms with Crippen molar-refractivity contribution < 1.29 is 32.2 Å². The lowest BCUT2D eigenvalue weighted by Crippen LogP contribution is -2.10. The number of hydrogen-bond donors (Lipinski definition) is 0. The minimum absolute atomic E-state index is 0.0675. The van der Waals surface area contributed by atoms with Crippen LogP contribution < -0.4 is 14.2 Å². The fraction of sp³-hybridized carbons (Fsp3) is 0.179. The maximum absolute atomic E-state index is 13.1. The number of carbonyl (C=O) groups is 1. The minimum atomic E-state index is -4.62. The molecule has 38 heavy (non-hydrogen) atoms. The molecular weight excluding hydrogens is 521 g/mol. The van der Waals surface area contributed by atoms with Gasteiger partial charge in [-0.25, -0.2) is 4.85 Å². The molecule has 4 aromatic rings. The third kappa shape index (κ3) is 5.82. The van der Waals surface area contributed by atoms with Crippen LogP contribution in [0.1, 0.15) is 16.7 Å². The van der Waals surface area contributed by atoms with Crippen molar-refractivity contribution in [2.75, 3.05) is 14.2 Å². The van der Waals surface area contributed by atoms with E-state index in [1.54, 1.807) is 36.5 Å². The van der Waals surface area contributed by atoms with Crippen molar-refractivity contribution in [1.29, 1.82) is 0 Å². The molecule has 0 aliphatic heterocycles. The first kappa shape index (κ1) is 26.8. The molecule has 0 aliphatic carbocycles. The van der Waals surface area contributed by atoms with Crippen LogP contribution >= 0.6 is 11.6 Å². The Kier molecular flexibility index (Phi) is 7.74. The number of alkyl halides is 3. The highest BCUT2D eigenvalue weighted by Gasteiger charge is 2.33. The fourth-order valence-electron chi connectivity index (χ4n) is 3.92. The lowest BCUT2D eigenvalue weighted by atomic mass is 10.0. The first-order valence-electron chi connectivity index (χ1n) is 11.2. The van der Waals surface area contributed by atoms with Crippen molar-refractivity contribution in [2.45, 2.75) is 19.0 Å². The maximum Gasteiger partial charge on any atom is 0.417 e. The predicted molar refractivity (Wildman–Crippen MR) is 136 cm³/mol. The monoisotopic (exact) mass is 540 g/mol. The number of ketones is 1. The lowest BCUT2D eigenvalue weighted by molar-refractivity contribution is -0.137. The Bertz CT molecular complexity index is 1560. The van der Waals surface area contributed by atoms with Crippen LogP contribution in [0.15, 0.2) is 60.8 Å². The van der Waals surface area contributed by atoms with E-state index < -0.39 is 16.8 Å². The third-order valence-corrected chi connectivity index (χ3v) is 6.04. The van der Waals surface area contributed by atoms with Gasteiger partial charge in [-0.2, -0.15) is 13.2 Å². The molecule has 0 saturated heterocycles. The number of aromatic nitrogens is 1. The largest absolute Gasteiger partial charge is 0.493 e. The van der Waals surface area contributed by atoms with Crippen molar-refractivity contribution >= 4 is 34.0 Å². The second kappa shape index (κ2) is 11.0. The average molecular weight is 541 g/mol. The highest BCUT2D eigenvalue weighted by atomic mass is 35.5. The summed E-state index contributed by atoms with van der Waals surface area (Å²) in [6.07, 6.45) is -3.33. The fourth-order valence-corrected chi connectivity index (χ4v) is 4.14. The van der Waals surface area contributed by atoms with E-state index in [4.69, 9.17) is 32.4 Å². The minimum Gasteiger partial charge on any atom is -0.493 e. The highest BCUT2D eigenvalue weighted by molar-refractivity contribution is 6.31. The molecule has 0 atom stereocenters. The number of halogens is 4. The molecule has 0 bridgehead atoms. The van der Waals surface area contributed by atoms with E-state index in [0.29, 0.717) is 33.7 Å². The van der Waals surface area contributed by atoms with Crippen molar-refractivity contribution in [3.05, 3.63) is 93.9 Å². The van der Waals surface area contributed by atoms with E-state index in [2.05, 4.69) is 9.83 Å². The average Bonchev–Trinajstić information content (AvgIpc) is 2.89. The number of methoxy groups -OCH3 is 2. The van der Waals surface area contributed by atoms with Gasteiger partial charge in [0.25, 0.3) is 0 Å². The van der Waals surface area contributed by atoms with Crippen LogP contribution in [0.4, 0.5) is 18.9 Å². The normalized spacial score (nSPS) is 11.2. The second-order valence-electron chi connectivity index (χ2n) is 8.25. The summed E-state index contributed by atoms with van der Waals surface area (Å²) in [4.78, 5) is 20.5. The number of pyridine rings is 1. The first-order valence-corrected chi connectivity index (χ1v) is 11.6. The van der Waals surface area contributed by atoms with Crippen LogP contribution in [0.3, 0.4) is 0 Å². The molecule has 1 aromatic heterocycles. The summed E-state index contributed by atoms with van der Waals surface area (Å²) in [5, 5.41) is 0.215. The van der Waals surface area contributed by atoms with E-state index in [1.165, 1.54) is 26.4 Å². The Morgan fingerprint density at radius 1 is 0.921 bits per heavy atom. The molecule has 0 fully saturated rings. The molecule has 194 valence electrons. The molecule has 0 N–H and O–H groups in total. The maximum atomic E-state index is 13.1. The molecule has 3 aromatic carbocycles. The molecule has 0 saturated carbocycles. The SMILES string of the molecule is [C-]#[N+]c1cc(CC(=O)Cc2ccc(Cl)c(C(F)(F)F)c2)ccc1Oc1ccnc2cc(OC)c(OC)cc12. The van der Waals surface area contributed by atoms with E-state index >= 15 is 0 Å². The van der Waals surface area contributed by atoms with E-state index in [9.17, 15) is 18.0 Å². The van der Waals surface area contributed by atoms with Crippen LogP contribution in [0.2, 0.25) is 5.02 Å². The van der Waals surface area contributed by atoms with Crippen LogP contribution in [0.25, 0.3) is 15.7 Å². The summed E-state index contributed by atoms with van der Waals surface area (Å²) in [5.41, 5.74) is 0.521. The van der Waals surface area contributed by atoms with Crippen molar-refractivity contribution in [3.8, 4) is 23.0 Å². The summed E-state index contributed by atoms with van der Waals surface area (Å²) in [6.45, 7) is 7.58. The third-order valence-electron chi connectivity index (χ3n) is 5.71. The number of ether oxygens (including phenoxy) is 3. The molecule has 0 unspecified atom stereocenters. The molecule has 10 heteroatoms. The van der Waals surface area contributed by atoms with Crippen molar-refractivity contribution in [2.24, 2.45) is 0 Å². The Hall–Kier alpha value is -4.29. The Morgan fingerprint density at radius 3 is 2.24 bits per heavy atom. The second-order valence-corrected chi connectivity index (χ2v) is 8.66. The van der Waals surface area contributed by atoms with Crippen LogP contribution in [0.5, 0.6) is 23.0 Å². The van der Waals surface area contributed by atoms with E-state index in [1.807, 2.05) is 0 Å². The van der Waals surface area contributed by atoms with Gasteiger partial charge in [0.2, 0.25) is 5.69 Å². The highest BCUT2D eigenvalue weighted by Crippen LogP contribution is 2.39. The zero-order valence-corrected chi connectivity index (χ0v) is 21.0. The number of fused-ring (bicyclic) bond motifs is 1. The molecule has 0 aliphatic rings.